The van der Waals surface area contributed by atoms with Gasteiger partial charge in [-0.1, -0.05) is 38.1 Å². The zero-order valence-electron chi connectivity index (χ0n) is 21.2. The zero-order valence-corrected chi connectivity index (χ0v) is 22.0. The van der Waals surface area contributed by atoms with Gasteiger partial charge >= 0.3 is 0 Å². The minimum absolute atomic E-state index is 0.130. The zero-order chi connectivity index (χ0) is 25.0. The molecule has 2 fully saturated rings. The van der Waals surface area contributed by atoms with E-state index >= 15 is 0 Å². The van der Waals surface area contributed by atoms with E-state index in [4.69, 9.17) is 0 Å². The van der Waals surface area contributed by atoms with Gasteiger partial charge in [-0.15, -0.1) is 0 Å². The highest BCUT2D eigenvalue weighted by Gasteiger charge is 2.30. The van der Waals surface area contributed by atoms with Gasteiger partial charge < -0.3 is 9.80 Å². The lowest BCUT2D eigenvalue weighted by Gasteiger charge is -2.38. The number of carbonyl (C=O) groups is 1. The Labute approximate surface area is 210 Å². The number of piperazine rings is 2. The normalized spacial score (nSPS) is 19.1. The van der Waals surface area contributed by atoms with Crippen molar-refractivity contribution in [1.82, 2.24) is 14.1 Å². The maximum absolute atomic E-state index is 13.1. The SMILES string of the molecule is CCC(C)c1ccc(S(=O)(=O)N2CCN(CC(=O)N3CCN(c4cccc(C)c4)CC3)CC2)cc1. The molecular formula is C27H38N4O3S. The minimum Gasteiger partial charge on any atom is -0.368 e. The molecule has 0 N–H and O–H groups in total. The van der Waals surface area contributed by atoms with Gasteiger partial charge in [0.15, 0.2) is 0 Å². The lowest BCUT2D eigenvalue weighted by molar-refractivity contribution is -0.133. The molecule has 0 aliphatic carbocycles. The van der Waals surface area contributed by atoms with Crippen LogP contribution in [0.3, 0.4) is 0 Å². The van der Waals surface area contributed by atoms with Crippen molar-refractivity contribution in [1.29, 1.82) is 0 Å². The number of rotatable bonds is 7. The Morgan fingerprint density at radius 1 is 0.914 bits per heavy atom. The van der Waals surface area contributed by atoms with Crippen molar-refractivity contribution in [3.8, 4) is 0 Å². The van der Waals surface area contributed by atoms with Crippen molar-refractivity contribution in [2.45, 2.75) is 38.0 Å². The molecule has 0 bridgehead atoms. The van der Waals surface area contributed by atoms with E-state index in [-0.39, 0.29) is 5.91 Å². The molecule has 0 saturated carbocycles. The van der Waals surface area contributed by atoms with Crippen LogP contribution in [0.15, 0.2) is 53.4 Å². The fourth-order valence-corrected chi connectivity index (χ4v) is 6.23. The summed E-state index contributed by atoms with van der Waals surface area (Å²) < 4.78 is 27.8. The lowest BCUT2D eigenvalue weighted by atomic mass is 9.99. The van der Waals surface area contributed by atoms with E-state index in [2.05, 4.69) is 54.8 Å². The Hall–Kier alpha value is -2.42. The highest BCUT2D eigenvalue weighted by atomic mass is 32.2. The number of hydrogen-bond donors (Lipinski definition) is 0. The van der Waals surface area contributed by atoms with Crippen LogP contribution in [0, 0.1) is 6.92 Å². The summed E-state index contributed by atoms with van der Waals surface area (Å²) in [7, 11) is -3.51. The molecule has 2 heterocycles. The standard InChI is InChI=1S/C27H38N4O3S/c1-4-23(3)24-8-10-26(11-9-24)35(33,34)31-18-12-28(13-19-31)21-27(32)30-16-14-29(15-17-30)25-7-5-6-22(2)20-25/h5-11,20,23H,4,12-19,21H2,1-3H3. The summed E-state index contributed by atoms with van der Waals surface area (Å²) >= 11 is 0. The van der Waals surface area contributed by atoms with Crippen LogP contribution in [-0.2, 0) is 14.8 Å². The molecule has 4 rings (SSSR count). The molecule has 0 radical (unpaired) electrons. The van der Waals surface area contributed by atoms with E-state index in [1.54, 1.807) is 16.4 Å². The van der Waals surface area contributed by atoms with Crippen LogP contribution >= 0.6 is 0 Å². The first-order valence-electron chi connectivity index (χ1n) is 12.7. The van der Waals surface area contributed by atoms with Crippen molar-refractivity contribution in [3.63, 3.8) is 0 Å². The summed E-state index contributed by atoms with van der Waals surface area (Å²) in [6, 6.07) is 15.8. The second-order valence-electron chi connectivity index (χ2n) is 9.77. The molecule has 0 spiro atoms. The van der Waals surface area contributed by atoms with E-state index in [0.29, 0.717) is 56.6 Å². The fourth-order valence-electron chi connectivity index (χ4n) is 4.81. The summed E-state index contributed by atoms with van der Waals surface area (Å²) in [5, 5.41) is 0. The number of sulfonamides is 1. The number of carbonyl (C=O) groups excluding carboxylic acids is 1. The number of benzene rings is 2. The third kappa shape index (κ3) is 6.05. The molecule has 2 aliphatic heterocycles. The predicted molar refractivity (Wildman–Crippen MR) is 140 cm³/mol. The average molecular weight is 499 g/mol. The minimum atomic E-state index is -3.51. The molecule has 8 heteroatoms. The molecule has 2 aromatic carbocycles. The second kappa shape index (κ2) is 11.1. The second-order valence-corrected chi connectivity index (χ2v) is 11.7. The topological polar surface area (TPSA) is 64.2 Å². The average Bonchev–Trinajstić information content (AvgIpc) is 2.88. The van der Waals surface area contributed by atoms with Crippen LogP contribution in [-0.4, -0.2) is 87.3 Å². The first-order valence-corrected chi connectivity index (χ1v) is 14.1. The quantitative estimate of drug-likeness (QED) is 0.587. The highest BCUT2D eigenvalue weighted by molar-refractivity contribution is 7.89. The van der Waals surface area contributed by atoms with Crippen molar-refractivity contribution < 1.29 is 13.2 Å². The monoisotopic (exact) mass is 498 g/mol. The molecule has 190 valence electrons. The lowest BCUT2D eigenvalue weighted by Crippen LogP contribution is -2.54. The molecule has 35 heavy (non-hydrogen) atoms. The molecule has 1 amide bonds. The summed E-state index contributed by atoms with van der Waals surface area (Å²) in [6.45, 7) is 11.8. The number of nitrogens with zero attached hydrogens (tertiary/aromatic N) is 4. The molecule has 1 atom stereocenters. The molecule has 7 nitrogen and oxygen atoms in total. The van der Waals surface area contributed by atoms with Gasteiger partial charge in [0.2, 0.25) is 15.9 Å². The van der Waals surface area contributed by atoms with Crippen LogP contribution in [0.5, 0.6) is 0 Å². The number of amides is 1. The Bertz CT molecular complexity index is 1100. The van der Waals surface area contributed by atoms with Gasteiger partial charge in [-0.2, -0.15) is 4.31 Å². The summed E-state index contributed by atoms with van der Waals surface area (Å²) in [6.07, 6.45) is 1.02. The first-order chi connectivity index (χ1) is 16.8. The smallest absolute Gasteiger partial charge is 0.243 e. The summed E-state index contributed by atoms with van der Waals surface area (Å²) in [5.74, 6) is 0.546. The Kier molecular flexibility index (Phi) is 8.14. The largest absolute Gasteiger partial charge is 0.368 e. The van der Waals surface area contributed by atoms with Gasteiger partial charge in [0.25, 0.3) is 0 Å². The van der Waals surface area contributed by atoms with Gasteiger partial charge in [-0.3, -0.25) is 9.69 Å². The number of hydrogen-bond acceptors (Lipinski definition) is 5. The van der Waals surface area contributed by atoms with E-state index in [0.717, 1.165) is 25.1 Å². The Morgan fingerprint density at radius 3 is 2.17 bits per heavy atom. The molecule has 2 aliphatic rings. The fraction of sp³-hybridized carbons (Fsp3) is 0.519. The van der Waals surface area contributed by atoms with E-state index < -0.39 is 10.0 Å². The molecule has 1 unspecified atom stereocenters. The molecule has 2 saturated heterocycles. The Balaban J connectivity index is 1.25. The van der Waals surface area contributed by atoms with E-state index in [9.17, 15) is 13.2 Å². The van der Waals surface area contributed by atoms with Gasteiger partial charge in [-0.05, 0) is 54.7 Å². The van der Waals surface area contributed by atoms with Crippen LogP contribution in [0.2, 0.25) is 0 Å². The van der Waals surface area contributed by atoms with E-state index in [1.807, 2.05) is 17.0 Å². The van der Waals surface area contributed by atoms with E-state index in [1.165, 1.54) is 11.3 Å². The maximum Gasteiger partial charge on any atom is 0.243 e. The molecule has 2 aromatic rings. The van der Waals surface area contributed by atoms with Gasteiger partial charge in [0.1, 0.15) is 0 Å². The molecular weight excluding hydrogens is 460 g/mol. The molecule has 0 aromatic heterocycles. The van der Waals surface area contributed by atoms with Gasteiger partial charge in [-0.25, -0.2) is 8.42 Å². The highest BCUT2D eigenvalue weighted by Crippen LogP contribution is 2.23. The first kappa shape index (κ1) is 25.7. The maximum atomic E-state index is 13.1. The van der Waals surface area contributed by atoms with Crippen LogP contribution < -0.4 is 4.90 Å². The predicted octanol–water partition coefficient (Wildman–Crippen LogP) is 3.16. The third-order valence-corrected chi connectivity index (χ3v) is 9.30. The van der Waals surface area contributed by atoms with Crippen molar-refractivity contribution >= 4 is 21.6 Å². The number of aryl methyl sites for hydroxylation is 1. The van der Waals surface area contributed by atoms with Crippen molar-refractivity contribution in [2.75, 3.05) is 63.8 Å². The van der Waals surface area contributed by atoms with Crippen molar-refractivity contribution in [3.05, 3.63) is 59.7 Å². The third-order valence-electron chi connectivity index (χ3n) is 7.39. The summed E-state index contributed by atoms with van der Waals surface area (Å²) in [5.41, 5.74) is 3.61. The Morgan fingerprint density at radius 2 is 1.57 bits per heavy atom. The van der Waals surface area contributed by atoms with Crippen molar-refractivity contribution in [2.24, 2.45) is 0 Å². The van der Waals surface area contributed by atoms with Crippen LogP contribution in [0.4, 0.5) is 5.69 Å². The van der Waals surface area contributed by atoms with Gasteiger partial charge in [0, 0.05) is 58.0 Å². The van der Waals surface area contributed by atoms with Crippen LogP contribution in [0.1, 0.15) is 37.3 Å². The summed E-state index contributed by atoms with van der Waals surface area (Å²) in [4.78, 5) is 19.6. The number of anilines is 1. The van der Waals surface area contributed by atoms with Gasteiger partial charge in [0.05, 0.1) is 11.4 Å². The van der Waals surface area contributed by atoms with Crippen LogP contribution in [0.25, 0.3) is 0 Å².